The van der Waals surface area contributed by atoms with E-state index >= 15 is 0 Å². The Morgan fingerprint density at radius 3 is 2.54 bits per heavy atom. The molecule has 1 aromatic carbocycles. The summed E-state index contributed by atoms with van der Waals surface area (Å²) in [5.41, 5.74) is -3.30. The van der Waals surface area contributed by atoms with Gasteiger partial charge in [0.15, 0.2) is 0 Å². The first-order chi connectivity index (χ1) is 11.2. The summed E-state index contributed by atoms with van der Waals surface area (Å²) in [6.45, 7) is 3.87. The number of aliphatic hydroxyl groups is 1. The van der Waals surface area contributed by atoms with E-state index in [-0.39, 0.29) is 16.3 Å². The normalized spacial score (nSPS) is 20.9. The summed E-state index contributed by atoms with van der Waals surface area (Å²) in [7, 11) is 0. The molecule has 1 heterocycles. The number of unbranched alkanes of at least 4 members (excludes halogenated alkanes) is 1. The molecule has 5 nitrogen and oxygen atoms in total. The van der Waals surface area contributed by atoms with Gasteiger partial charge in [-0.25, -0.2) is 0 Å². The van der Waals surface area contributed by atoms with Crippen LogP contribution >= 0.6 is 0 Å². The number of hydrogen-bond acceptors (Lipinski definition) is 4. The van der Waals surface area contributed by atoms with Gasteiger partial charge in [0.1, 0.15) is 5.75 Å². The average molecular weight is 344 g/mol. The van der Waals surface area contributed by atoms with Gasteiger partial charge in [-0.05, 0) is 37.6 Å². The molecule has 0 aromatic heterocycles. The molecule has 0 saturated heterocycles. The molecule has 0 aliphatic carbocycles. The van der Waals surface area contributed by atoms with Gasteiger partial charge in [0.2, 0.25) is 0 Å². The Labute approximate surface area is 137 Å². The Balaban J connectivity index is 2.18. The second kappa shape index (κ2) is 6.80. The fraction of sp³-hybridized carbons (Fsp3) is 0.500. The van der Waals surface area contributed by atoms with Crippen molar-refractivity contribution in [2.24, 2.45) is 5.10 Å². The van der Waals surface area contributed by atoms with Crippen molar-refractivity contribution >= 4 is 11.6 Å². The molecule has 0 fully saturated rings. The quantitative estimate of drug-likeness (QED) is 0.834. The van der Waals surface area contributed by atoms with E-state index < -0.39 is 24.2 Å². The summed E-state index contributed by atoms with van der Waals surface area (Å²) in [5.74, 6) is -0.501. The number of halogens is 3. The van der Waals surface area contributed by atoms with E-state index in [1.165, 1.54) is 31.2 Å². The molecule has 0 bridgehead atoms. The smallest absolute Gasteiger partial charge is 0.438 e. The first-order valence-electron chi connectivity index (χ1n) is 7.59. The highest BCUT2D eigenvalue weighted by Crippen LogP contribution is 2.40. The van der Waals surface area contributed by atoms with Crippen LogP contribution in [-0.4, -0.2) is 40.2 Å². The molecule has 2 rings (SSSR count). The Hall–Kier alpha value is -2.09. The van der Waals surface area contributed by atoms with E-state index in [0.717, 1.165) is 12.8 Å². The zero-order chi connectivity index (χ0) is 18.0. The lowest BCUT2D eigenvalue weighted by molar-refractivity contribution is -0.297. The third-order valence-corrected chi connectivity index (χ3v) is 3.64. The van der Waals surface area contributed by atoms with Gasteiger partial charge in [-0.1, -0.05) is 13.3 Å². The lowest BCUT2D eigenvalue weighted by Crippen LogP contribution is -2.56. The second-order valence-electron chi connectivity index (χ2n) is 5.67. The van der Waals surface area contributed by atoms with Crippen LogP contribution in [0.3, 0.4) is 0 Å². The summed E-state index contributed by atoms with van der Waals surface area (Å²) in [6, 6.07) is 5.71. The minimum absolute atomic E-state index is 0.0148. The zero-order valence-electron chi connectivity index (χ0n) is 13.4. The molecule has 132 valence electrons. The average Bonchev–Trinajstić information content (AvgIpc) is 2.83. The maximum absolute atomic E-state index is 13.1. The molecule has 1 aliphatic heterocycles. The third kappa shape index (κ3) is 3.53. The predicted octanol–water partition coefficient (Wildman–Crippen LogP) is 3.34. The van der Waals surface area contributed by atoms with E-state index in [1.807, 2.05) is 6.92 Å². The molecule has 24 heavy (non-hydrogen) atoms. The largest absolute Gasteiger partial charge is 0.494 e. The Morgan fingerprint density at radius 2 is 2.00 bits per heavy atom. The lowest BCUT2D eigenvalue weighted by atomic mass is 10.1. The molecule has 0 saturated carbocycles. The molecule has 1 N–H and O–H groups in total. The van der Waals surface area contributed by atoms with Crippen molar-refractivity contribution in [3.63, 3.8) is 0 Å². The highest BCUT2D eigenvalue weighted by molar-refractivity contribution is 5.97. The molecular weight excluding hydrogens is 325 g/mol. The number of amides is 1. The van der Waals surface area contributed by atoms with E-state index in [9.17, 15) is 23.1 Å². The van der Waals surface area contributed by atoms with Crippen molar-refractivity contribution in [1.29, 1.82) is 0 Å². The maximum atomic E-state index is 13.1. The zero-order valence-corrected chi connectivity index (χ0v) is 13.4. The fourth-order valence-electron chi connectivity index (χ4n) is 2.30. The molecule has 8 heteroatoms. The van der Waals surface area contributed by atoms with E-state index in [2.05, 4.69) is 5.10 Å². The molecule has 1 atom stereocenters. The number of benzene rings is 1. The van der Waals surface area contributed by atoms with Gasteiger partial charge < -0.3 is 9.84 Å². The minimum Gasteiger partial charge on any atom is -0.494 e. The highest BCUT2D eigenvalue weighted by atomic mass is 19.4. The SMILES string of the molecule is CCCCOc1ccc(C(=O)N2N=C(C)C[C@]2(O)C(F)(F)F)cc1. The summed E-state index contributed by atoms with van der Waals surface area (Å²) in [4.78, 5) is 12.3. The predicted molar refractivity (Wildman–Crippen MR) is 81.7 cm³/mol. The number of rotatable bonds is 5. The van der Waals surface area contributed by atoms with E-state index in [1.54, 1.807) is 0 Å². The standard InChI is InChI=1S/C16H19F3N2O3/c1-3-4-9-24-13-7-5-12(6-8-13)14(22)21-15(23,16(17,18)19)10-11(2)20-21/h5-8,23H,3-4,9-10H2,1-2H3/t15-/m0/s1. The van der Waals surface area contributed by atoms with Crippen LogP contribution in [0.4, 0.5) is 13.2 Å². The highest BCUT2D eigenvalue weighted by Gasteiger charge is 2.62. The molecule has 0 unspecified atom stereocenters. The second-order valence-corrected chi connectivity index (χ2v) is 5.67. The van der Waals surface area contributed by atoms with E-state index in [4.69, 9.17) is 4.74 Å². The number of ether oxygens (including phenoxy) is 1. The van der Waals surface area contributed by atoms with Crippen molar-refractivity contribution in [2.45, 2.75) is 45.0 Å². The Morgan fingerprint density at radius 1 is 1.38 bits per heavy atom. The fourth-order valence-corrected chi connectivity index (χ4v) is 2.30. The molecule has 0 spiro atoms. The van der Waals surface area contributed by atoms with Crippen LogP contribution in [0.5, 0.6) is 5.75 Å². The van der Waals surface area contributed by atoms with Gasteiger partial charge in [0.05, 0.1) is 6.61 Å². The van der Waals surface area contributed by atoms with Crippen molar-refractivity contribution in [3.8, 4) is 5.75 Å². The first kappa shape index (κ1) is 18.3. The van der Waals surface area contributed by atoms with Crippen LogP contribution in [0.25, 0.3) is 0 Å². The molecule has 1 amide bonds. The summed E-state index contributed by atoms with van der Waals surface area (Å²) in [5, 5.41) is 13.6. The number of hydrazone groups is 1. The van der Waals surface area contributed by atoms with Crippen molar-refractivity contribution in [3.05, 3.63) is 29.8 Å². The van der Waals surface area contributed by atoms with Gasteiger partial charge in [-0.15, -0.1) is 0 Å². The topological polar surface area (TPSA) is 62.1 Å². The summed E-state index contributed by atoms with van der Waals surface area (Å²) in [6.07, 6.45) is -3.92. The van der Waals surface area contributed by atoms with Crippen molar-refractivity contribution in [1.82, 2.24) is 5.01 Å². The van der Waals surface area contributed by atoms with Crippen LogP contribution in [0.2, 0.25) is 0 Å². The number of carbonyl (C=O) groups excluding carboxylic acids is 1. The number of carbonyl (C=O) groups is 1. The van der Waals surface area contributed by atoms with Gasteiger partial charge in [-0.3, -0.25) is 4.79 Å². The first-order valence-corrected chi connectivity index (χ1v) is 7.59. The third-order valence-electron chi connectivity index (χ3n) is 3.64. The van der Waals surface area contributed by atoms with Crippen LogP contribution in [-0.2, 0) is 0 Å². The lowest BCUT2D eigenvalue weighted by Gasteiger charge is -2.32. The summed E-state index contributed by atoms with van der Waals surface area (Å²) >= 11 is 0. The summed E-state index contributed by atoms with van der Waals surface area (Å²) < 4.78 is 44.9. The van der Waals surface area contributed by atoms with Crippen LogP contribution in [0.15, 0.2) is 29.4 Å². The monoisotopic (exact) mass is 344 g/mol. The molecule has 1 aliphatic rings. The molecule has 1 aromatic rings. The van der Waals surface area contributed by atoms with Crippen molar-refractivity contribution < 1.29 is 27.8 Å². The van der Waals surface area contributed by atoms with E-state index in [0.29, 0.717) is 12.4 Å². The van der Waals surface area contributed by atoms with Gasteiger partial charge in [0.25, 0.3) is 11.6 Å². The Kier molecular flexibility index (Phi) is 5.17. The van der Waals surface area contributed by atoms with Crippen LogP contribution in [0, 0.1) is 0 Å². The number of alkyl halides is 3. The van der Waals surface area contributed by atoms with Crippen LogP contribution in [0.1, 0.15) is 43.5 Å². The maximum Gasteiger partial charge on any atom is 0.438 e. The van der Waals surface area contributed by atoms with Crippen LogP contribution < -0.4 is 4.74 Å². The molecule has 0 radical (unpaired) electrons. The van der Waals surface area contributed by atoms with Gasteiger partial charge >= 0.3 is 6.18 Å². The number of nitrogens with zero attached hydrogens (tertiary/aromatic N) is 2. The van der Waals surface area contributed by atoms with Gasteiger partial charge in [-0.2, -0.15) is 23.3 Å². The minimum atomic E-state index is -5.01. The van der Waals surface area contributed by atoms with Crippen molar-refractivity contribution in [2.75, 3.05) is 6.61 Å². The molecular formula is C16H19F3N2O3. The number of hydrogen-bond donors (Lipinski definition) is 1. The van der Waals surface area contributed by atoms with Gasteiger partial charge in [0, 0.05) is 17.7 Å². The Bertz CT molecular complexity index is 628.